The van der Waals surface area contributed by atoms with Crippen molar-refractivity contribution in [3.8, 4) is 5.75 Å². The van der Waals surface area contributed by atoms with Crippen LogP contribution in [0.25, 0.3) is 0 Å². The van der Waals surface area contributed by atoms with Crippen LogP contribution in [0, 0.1) is 0 Å². The highest BCUT2D eigenvalue weighted by atomic mass is 79.9. The first-order valence-corrected chi connectivity index (χ1v) is 6.30. The third-order valence-corrected chi connectivity index (χ3v) is 3.15. The zero-order valence-electron chi connectivity index (χ0n) is 9.75. The topological polar surface area (TPSA) is 26.3 Å². The summed E-state index contributed by atoms with van der Waals surface area (Å²) in [6.45, 7) is 1.91. The number of carbonyl (C=O) groups is 1. The van der Waals surface area contributed by atoms with Crippen LogP contribution in [-0.2, 0) is 11.2 Å². The average Bonchev–Trinajstić information content (AvgIpc) is 2.29. The summed E-state index contributed by atoms with van der Waals surface area (Å²) in [5.74, 6) is 1.18. The largest absolute Gasteiger partial charge is 0.496 e. The predicted molar refractivity (Wildman–Crippen MR) is 68.9 cm³/mol. The third-order valence-electron chi connectivity index (χ3n) is 2.53. The molecule has 88 valence electrons. The monoisotopic (exact) mass is 284 g/mol. The quantitative estimate of drug-likeness (QED) is 0.795. The molecule has 1 rings (SSSR count). The van der Waals surface area contributed by atoms with Crippen LogP contribution in [0.15, 0.2) is 22.7 Å². The fourth-order valence-electron chi connectivity index (χ4n) is 1.53. The minimum absolute atomic E-state index is 0.340. The normalized spacial score (nSPS) is 10.2. The van der Waals surface area contributed by atoms with E-state index in [-0.39, 0.29) is 0 Å². The SMILES string of the molecule is CCC(=O)CCCc1ccc(OC)c(Br)c1. The number of hydrogen-bond donors (Lipinski definition) is 0. The summed E-state index contributed by atoms with van der Waals surface area (Å²) in [6, 6.07) is 6.04. The van der Waals surface area contributed by atoms with Crippen molar-refractivity contribution in [3.05, 3.63) is 28.2 Å². The van der Waals surface area contributed by atoms with Crippen molar-refractivity contribution in [1.29, 1.82) is 0 Å². The smallest absolute Gasteiger partial charge is 0.133 e. The second kappa shape index (κ2) is 6.69. The molecule has 0 radical (unpaired) electrons. The summed E-state index contributed by atoms with van der Waals surface area (Å²) in [6.07, 6.45) is 3.19. The molecule has 0 saturated carbocycles. The number of hydrogen-bond acceptors (Lipinski definition) is 2. The van der Waals surface area contributed by atoms with Gasteiger partial charge in [-0.25, -0.2) is 0 Å². The molecule has 0 N–H and O–H groups in total. The van der Waals surface area contributed by atoms with Crippen LogP contribution >= 0.6 is 15.9 Å². The van der Waals surface area contributed by atoms with Crippen molar-refractivity contribution >= 4 is 21.7 Å². The summed E-state index contributed by atoms with van der Waals surface area (Å²) < 4.78 is 6.13. The highest BCUT2D eigenvalue weighted by molar-refractivity contribution is 9.10. The van der Waals surface area contributed by atoms with Crippen LogP contribution < -0.4 is 4.74 Å². The lowest BCUT2D eigenvalue weighted by Gasteiger charge is -2.06. The molecular weight excluding hydrogens is 268 g/mol. The van der Waals surface area contributed by atoms with Crippen LogP contribution in [0.1, 0.15) is 31.7 Å². The molecule has 0 aromatic heterocycles. The average molecular weight is 285 g/mol. The molecule has 0 aliphatic carbocycles. The first kappa shape index (κ1) is 13.2. The molecule has 1 aromatic rings. The molecule has 0 atom stereocenters. The lowest BCUT2D eigenvalue weighted by atomic mass is 10.1. The highest BCUT2D eigenvalue weighted by Gasteiger charge is 2.03. The molecule has 0 amide bonds. The van der Waals surface area contributed by atoms with Crippen LogP contribution in [0.5, 0.6) is 5.75 Å². The first-order chi connectivity index (χ1) is 7.67. The number of rotatable bonds is 6. The third kappa shape index (κ3) is 3.97. The standard InChI is InChI=1S/C13H17BrO2/c1-3-11(15)6-4-5-10-7-8-13(16-2)12(14)9-10/h7-9H,3-6H2,1-2H3. The Morgan fingerprint density at radius 2 is 2.19 bits per heavy atom. The highest BCUT2D eigenvalue weighted by Crippen LogP contribution is 2.26. The molecule has 0 unspecified atom stereocenters. The van der Waals surface area contributed by atoms with Gasteiger partial charge in [0, 0.05) is 12.8 Å². The van der Waals surface area contributed by atoms with Crippen molar-refractivity contribution in [2.45, 2.75) is 32.6 Å². The van der Waals surface area contributed by atoms with Gasteiger partial charge in [0.25, 0.3) is 0 Å². The minimum atomic E-state index is 0.340. The zero-order valence-corrected chi connectivity index (χ0v) is 11.3. The van der Waals surface area contributed by atoms with Gasteiger partial charge in [-0.15, -0.1) is 0 Å². The van der Waals surface area contributed by atoms with Crippen LogP contribution in [0.3, 0.4) is 0 Å². The second-order valence-electron chi connectivity index (χ2n) is 3.71. The van der Waals surface area contributed by atoms with E-state index in [9.17, 15) is 4.79 Å². The number of aryl methyl sites for hydroxylation is 1. The number of ether oxygens (including phenoxy) is 1. The summed E-state index contributed by atoms with van der Waals surface area (Å²) in [5.41, 5.74) is 1.23. The molecule has 0 fully saturated rings. The first-order valence-electron chi connectivity index (χ1n) is 5.51. The Balaban J connectivity index is 2.49. The van der Waals surface area contributed by atoms with E-state index in [4.69, 9.17) is 4.74 Å². The lowest BCUT2D eigenvalue weighted by Crippen LogP contribution is -1.96. The molecule has 2 nitrogen and oxygen atoms in total. The van der Waals surface area contributed by atoms with Gasteiger partial charge in [0.05, 0.1) is 11.6 Å². The Bertz CT molecular complexity index is 361. The molecule has 1 aromatic carbocycles. The minimum Gasteiger partial charge on any atom is -0.496 e. The van der Waals surface area contributed by atoms with Gasteiger partial charge in [0.1, 0.15) is 11.5 Å². The van der Waals surface area contributed by atoms with Crippen LogP contribution in [-0.4, -0.2) is 12.9 Å². The van der Waals surface area contributed by atoms with Crippen molar-refractivity contribution < 1.29 is 9.53 Å². The van der Waals surface area contributed by atoms with Crippen LogP contribution in [0.4, 0.5) is 0 Å². The number of Topliss-reactive ketones (excluding diaryl/α,β-unsaturated/α-hetero) is 1. The summed E-state index contributed by atoms with van der Waals surface area (Å²) in [7, 11) is 1.65. The summed E-state index contributed by atoms with van der Waals surface area (Å²) >= 11 is 3.45. The van der Waals surface area contributed by atoms with E-state index in [1.54, 1.807) is 7.11 Å². The zero-order chi connectivity index (χ0) is 12.0. The number of benzene rings is 1. The van der Waals surface area contributed by atoms with Gasteiger partial charge < -0.3 is 4.74 Å². The summed E-state index contributed by atoms with van der Waals surface area (Å²) in [5, 5.41) is 0. The van der Waals surface area contributed by atoms with E-state index >= 15 is 0 Å². The van der Waals surface area contributed by atoms with Gasteiger partial charge in [-0.2, -0.15) is 0 Å². The fraction of sp³-hybridized carbons (Fsp3) is 0.462. The maximum atomic E-state index is 11.1. The lowest BCUT2D eigenvalue weighted by molar-refractivity contribution is -0.118. The number of ketones is 1. The van der Waals surface area contributed by atoms with Gasteiger partial charge in [-0.3, -0.25) is 4.79 Å². The van der Waals surface area contributed by atoms with Gasteiger partial charge in [-0.1, -0.05) is 13.0 Å². The Hall–Kier alpha value is -0.830. The molecule has 16 heavy (non-hydrogen) atoms. The fourth-order valence-corrected chi connectivity index (χ4v) is 2.12. The molecule has 0 spiro atoms. The van der Waals surface area contributed by atoms with E-state index in [1.165, 1.54) is 5.56 Å². The van der Waals surface area contributed by atoms with Crippen molar-refractivity contribution in [3.63, 3.8) is 0 Å². The van der Waals surface area contributed by atoms with E-state index in [2.05, 4.69) is 22.0 Å². The molecule has 3 heteroatoms. The Morgan fingerprint density at radius 3 is 2.75 bits per heavy atom. The van der Waals surface area contributed by atoms with Gasteiger partial charge in [-0.05, 0) is 46.5 Å². The van der Waals surface area contributed by atoms with E-state index in [0.29, 0.717) is 18.6 Å². The Labute approximate surface area is 105 Å². The van der Waals surface area contributed by atoms with Gasteiger partial charge in [0.15, 0.2) is 0 Å². The van der Waals surface area contributed by atoms with E-state index in [1.807, 2.05) is 19.1 Å². The molecule has 0 aliphatic heterocycles. The van der Waals surface area contributed by atoms with Gasteiger partial charge in [0.2, 0.25) is 0 Å². The maximum absolute atomic E-state index is 11.1. The second-order valence-corrected chi connectivity index (χ2v) is 4.57. The molecule has 0 aliphatic rings. The van der Waals surface area contributed by atoms with Crippen molar-refractivity contribution in [1.82, 2.24) is 0 Å². The van der Waals surface area contributed by atoms with E-state index < -0.39 is 0 Å². The van der Waals surface area contributed by atoms with E-state index in [0.717, 1.165) is 23.1 Å². The molecule has 0 heterocycles. The number of halogens is 1. The van der Waals surface area contributed by atoms with Crippen molar-refractivity contribution in [2.75, 3.05) is 7.11 Å². The van der Waals surface area contributed by atoms with Gasteiger partial charge >= 0.3 is 0 Å². The Kier molecular flexibility index (Phi) is 5.53. The molecular formula is C13H17BrO2. The number of carbonyl (C=O) groups excluding carboxylic acids is 1. The van der Waals surface area contributed by atoms with Crippen LogP contribution in [0.2, 0.25) is 0 Å². The predicted octanol–water partition coefficient (Wildman–Crippen LogP) is 3.76. The Morgan fingerprint density at radius 1 is 1.44 bits per heavy atom. The van der Waals surface area contributed by atoms with Crippen molar-refractivity contribution in [2.24, 2.45) is 0 Å². The summed E-state index contributed by atoms with van der Waals surface area (Å²) in [4.78, 5) is 11.1. The molecule has 0 saturated heterocycles. The number of methoxy groups -OCH3 is 1. The molecule has 0 bridgehead atoms. The maximum Gasteiger partial charge on any atom is 0.133 e.